The minimum absolute atomic E-state index is 0.0290. The lowest BCUT2D eigenvalue weighted by molar-refractivity contribution is -0.136. The molecule has 1 saturated heterocycles. The zero-order chi connectivity index (χ0) is 19.2. The molecule has 2 amide bonds. The number of nitrogens with one attached hydrogen (secondary N) is 1. The Hall–Kier alpha value is -2.73. The fourth-order valence-electron chi connectivity index (χ4n) is 3.46. The zero-order valence-corrected chi connectivity index (χ0v) is 15.8. The number of carbonyl (C=O) groups is 2. The highest BCUT2D eigenvalue weighted by Crippen LogP contribution is 2.28. The van der Waals surface area contributed by atoms with Crippen molar-refractivity contribution in [3.05, 3.63) is 48.2 Å². The molecule has 2 aromatic rings. The van der Waals surface area contributed by atoms with Crippen LogP contribution in [0.3, 0.4) is 0 Å². The van der Waals surface area contributed by atoms with Crippen LogP contribution in [0.2, 0.25) is 0 Å². The number of methoxy groups -OCH3 is 1. The molecule has 0 aliphatic carbocycles. The Kier molecular flexibility index (Phi) is 6.19. The Labute approximate surface area is 159 Å². The number of rotatable bonds is 5. The average Bonchev–Trinajstić information content (AvgIpc) is 2.68. The normalized spacial score (nSPS) is 16.8. The number of piperidine rings is 1. The van der Waals surface area contributed by atoms with E-state index in [4.69, 9.17) is 9.72 Å². The van der Waals surface area contributed by atoms with Crippen molar-refractivity contribution in [1.29, 1.82) is 0 Å². The molecule has 1 aliphatic heterocycles. The number of carbonyl (C=O) groups excluding carboxylic acids is 2. The van der Waals surface area contributed by atoms with E-state index < -0.39 is 0 Å². The molecule has 1 aromatic heterocycles. The van der Waals surface area contributed by atoms with E-state index in [1.807, 2.05) is 47.4 Å². The minimum Gasteiger partial charge on any atom is -0.375 e. The molecule has 3 rings (SSSR count). The van der Waals surface area contributed by atoms with Crippen molar-refractivity contribution in [3.8, 4) is 11.3 Å². The van der Waals surface area contributed by atoms with Crippen molar-refractivity contribution in [2.75, 3.05) is 32.1 Å². The summed E-state index contributed by atoms with van der Waals surface area (Å²) in [7, 11) is 1.54. The van der Waals surface area contributed by atoms with Crippen molar-refractivity contribution < 1.29 is 14.3 Å². The Morgan fingerprint density at radius 2 is 2.07 bits per heavy atom. The maximum absolute atomic E-state index is 12.1. The second kappa shape index (κ2) is 8.77. The molecule has 0 unspecified atom stereocenters. The Balaban J connectivity index is 1.79. The predicted octanol–water partition coefficient (Wildman–Crippen LogP) is 3.06. The molecular formula is C21H25N3O3. The summed E-state index contributed by atoms with van der Waals surface area (Å²) in [5, 5.41) is 2.80. The number of amides is 2. The van der Waals surface area contributed by atoms with Gasteiger partial charge in [0, 0.05) is 50.0 Å². The van der Waals surface area contributed by atoms with Gasteiger partial charge >= 0.3 is 0 Å². The summed E-state index contributed by atoms with van der Waals surface area (Å²) in [6.07, 6.45) is 1.98. The Morgan fingerprint density at radius 1 is 1.26 bits per heavy atom. The van der Waals surface area contributed by atoms with Gasteiger partial charge in [-0.3, -0.25) is 14.6 Å². The smallest absolute Gasteiger partial charge is 0.248 e. The fourth-order valence-corrected chi connectivity index (χ4v) is 3.46. The molecule has 1 fully saturated rings. The van der Waals surface area contributed by atoms with Crippen LogP contribution >= 0.6 is 0 Å². The third kappa shape index (κ3) is 4.92. The fraction of sp³-hybridized carbons (Fsp3) is 0.381. The molecule has 0 saturated carbocycles. The number of hydrogen-bond acceptors (Lipinski definition) is 4. The molecule has 0 spiro atoms. The number of benzene rings is 1. The van der Waals surface area contributed by atoms with Gasteiger partial charge in [-0.05, 0) is 37.1 Å². The molecule has 142 valence electrons. The van der Waals surface area contributed by atoms with Crippen LogP contribution < -0.4 is 5.32 Å². The molecular weight excluding hydrogens is 342 g/mol. The molecule has 1 N–H and O–H groups in total. The summed E-state index contributed by atoms with van der Waals surface area (Å²) in [4.78, 5) is 30.1. The van der Waals surface area contributed by atoms with E-state index in [0.717, 1.165) is 42.0 Å². The van der Waals surface area contributed by atoms with Gasteiger partial charge in [-0.1, -0.05) is 18.2 Å². The SMILES string of the molecule is COCC(=O)N1CCC[C@@H](c2cccc(-c3cccc(NC(C)=O)c3)n2)C1. The summed E-state index contributed by atoms with van der Waals surface area (Å²) in [6.45, 7) is 3.06. The lowest BCUT2D eigenvalue weighted by atomic mass is 9.93. The first kappa shape index (κ1) is 19.0. The highest BCUT2D eigenvalue weighted by molar-refractivity contribution is 5.89. The van der Waals surface area contributed by atoms with Crippen LogP contribution in [-0.2, 0) is 14.3 Å². The highest BCUT2D eigenvalue weighted by atomic mass is 16.5. The summed E-state index contributed by atoms with van der Waals surface area (Å²) in [5.41, 5.74) is 3.56. The number of pyridine rings is 1. The van der Waals surface area contributed by atoms with Crippen molar-refractivity contribution in [2.24, 2.45) is 0 Å². The van der Waals surface area contributed by atoms with Crippen LogP contribution in [0.15, 0.2) is 42.5 Å². The molecule has 0 radical (unpaired) electrons. The van der Waals surface area contributed by atoms with Crippen molar-refractivity contribution in [2.45, 2.75) is 25.7 Å². The number of aromatic nitrogens is 1. The van der Waals surface area contributed by atoms with Crippen LogP contribution in [0, 0.1) is 0 Å². The van der Waals surface area contributed by atoms with E-state index in [1.54, 1.807) is 7.11 Å². The van der Waals surface area contributed by atoms with Crippen LogP contribution in [-0.4, -0.2) is 48.5 Å². The molecule has 6 nitrogen and oxygen atoms in total. The Bertz CT molecular complexity index is 822. The van der Waals surface area contributed by atoms with E-state index in [-0.39, 0.29) is 24.3 Å². The van der Waals surface area contributed by atoms with Gasteiger partial charge in [-0.25, -0.2) is 0 Å². The van der Waals surface area contributed by atoms with Crippen molar-refractivity contribution >= 4 is 17.5 Å². The molecule has 1 aliphatic rings. The van der Waals surface area contributed by atoms with E-state index >= 15 is 0 Å². The quantitative estimate of drug-likeness (QED) is 0.882. The minimum atomic E-state index is -0.100. The second-order valence-corrected chi connectivity index (χ2v) is 6.82. The van der Waals surface area contributed by atoms with E-state index in [9.17, 15) is 9.59 Å². The Morgan fingerprint density at radius 3 is 2.85 bits per heavy atom. The standard InChI is InChI=1S/C21H25N3O3/c1-15(25)22-18-8-3-6-16(12-18)19-9-4-10-20(23-19)17-7-5-11-24(13-17)21(26)14-27-2/h3-4,6,8-10,12,17H,5,7,11,13-14H2,1-2H3,(H,22,25)/t17-/m1/s1. The predicted molar refractivity (Wildman–Crippen MR) is 104 cm³/mol. The van der Waals surface area contributed by atoms with Crippen molar-refractivity contribution in [3.63, 3.8) is 0 Å². The van der Waals surface area contributed by atoms with Crippen LogP contribution in [0.1, 0.15) is 31.4 Å². The number of nitrogens with zero attached hydrogens (tertiary/aromatic N) is 2. The third-order valence-electron chi connectivity index (χ3n) is 4.71. The summed E-state index contributed by atoms with van der Waals surface area (Å²) < 4.78 is 4.98. The number of hydrogen-bond donors (Lipinski definition) is 1. The third-order valence-corrected chi connectivity index (χ3v) is 4.71. The molecule has 1 aromatic carbocycles. The van der Waals surface area contributed by atoms with Gasteiger partial charge in [0.25, 0.3) is 0 Å². The largest absolute Gasteiger partial charge is 0.375 e. The summed E-state index contributed by atoms with van der Waals surface area (Å²) >= 11 is 0. The van der Waals surface area contributed by atoms with Crippen LogP contribution in [0.25, 0.3) is 11.3 Å². The van der Waals surface area contributed by atoms with Gasteiger partial charge in [0.15, 0.2) is 0 Å². The van der Waals surface area contributed by atoms with E-state index in [0.29, 0.717) is 6.54 Å². The molecule has 6 heteroatoms. The topological polar surface area (TPSA) is 71.5 Å². The maximum Gasteiger partial charge on any atom is 0.248 e. The van der Waals surface area contributed by atoms with Gasteiger partial charge in [-0.15, -0.1) is 0 Å². The number of ether oxygens (including phenoxy) is 1. The van der Waals surface area contributed by atoms with Crippen LogP contribution in [0.4, 0.5) is 5.69 Å². The maximum atomic E-state index is 12.1. The monoisotopic (exact) mass is 367 g/mol. The average molecular weight is 367 g/mol. The lowest BCUT2D eigenvalue weighted by Crippen LogP contribution is -2.41. The molecule has 2 heterocycles. The van der Waals surface area contributed by atoms with Crippen LogP contribution in [0.5, 0.6) is 0 Å². The second-order valence-electron chi connectivity index (χ2n) is 6.82. The van der Waals surface area contributed by atoms with Gasteiger partial charge < -0.3 is 15.0 Å². The first-order chi connectivity index (χ1) is 13.1. The van der Waals surface area contributed by atoms with Gasteiger partial charge in [0.1, 0.15) is 6.61 Å². The van der Waals surface area contributed by atoms with Gasteiger partial charge in [0.05, 0.1) is 5.69 Å². The summed E-state index contributed by atoms with van der Waals surface area (Å²) in [6, 6.07) is 13.6. The number of anilines is 1. The van der Waals surface area contributed by atoms with Crippen molar-refractivity contribution in [1.82, 2.24) is 9.88 Å². The van der Waals surface area contributed by atoms with E-state index in [1.165, 1.54) is 6.92 Å². The summed E-state index contributed by atoms with van der Waals surface area (Å²) in [5.74, 6) is 0.149. The molecule has 27 heavy (non-hydrogen) atoms. The zero-order valence-electron chi connectivity index (χ0n) is 15.8. The first-order valence-electron chi connectivity index (χ1n) is 9.18. The molecule has 0 bridgehead atoms. The van der Waals surface area contributed by atoms with E-state index in [2.05, 4.69) is 5.32 Å². The number of likely N-dealkylation sites (tertiary alicyclic amines) is 1. The highest BCUT2D eigenvalue weighted by Gasteiger charge is 2.25. The van der Waals surface area contributed by atoms with Gasteiger partial charge in [-0.2, -0.15) is 0 Å². The van der Waals surface area contributed by atoms with Gasteiger partial charge in [0.2, 0.25) is 11.8 Å². The first-order valence-corrected chi connectivity index (χ1v) is 9.18. The molecule has 1 atom stereocenters. The lowest BCUT2D eigenvalue weighted by Gasteiger charge is -2.32.